The molecule has 1 N–H and O–H groups in total. The molecule has 0 aliphatic heterocycles. The Morgan fingerprint density at radius 1 is 1.06 bits per heavy atom. The molecule has 0 aliphatic rings. The number of pyridine rings is 1. The molecule has 2 rings (SSSR count). The lowest BCUT2D eigenvalue weighted by molar-refractivity contribution is -0.141. The highest BCUT2D eigenvalue weighted by Crippen LogP contribution is 2.27. The minimum absolute atomic E-state index is 0.0736. The van der Waals surface area contributed by atoms with Crippen molar-refractivity contribution in [2.75, 3.05) is 5.32 Å². The van der Waals surface area contributed by atoms with E-state index in [0.29, 0.717) is 5.69 Å². The van der Waals surface area contributed by atoms with Crippen LogP contribution < -0.4 is 5.32 Å². The number of hydrogen-bond donors (Lipinski definition) is 1. The smallest absolute Gasteiger partial charge is 0.349 e. The summed E-state index contributed by atoms with van der Waals surface area (Å²) >= 11 is 0. The van der Waals surface area contributed by atoms with Crippen LogP contribution in [-0.4, -0.2) is 15.0 Å². The van der Waals surface area contributed by atoms with E-state index < -0.39 is 11.9 Å². The van der Waals surface area contributed by atoms with E-state index in [-0.39, 0.29) is 12.5 Å². The fourth-order valence-corrected chi connectivity index (χ4v) is 1.27. The minimum Gasteiger partial charge on any atom is -0.349 e. The van der Waals surface area contributed by atoms with E-state index in [9.17, 15) is 13.2 Å². The van der Waals surface area contributed by atoms with E-state index >= 15 is 0 Å². The molecule has 7 heteroatoms. The summed E-state index contributed by atoms with van der Waals surface area (Å²) in [4.78, 5) is 11.1. The number of anilines is 1. The van der Waals surface area contributed by atoms with Gasteiger partial charge in [0.25, 0.3) is 0 Å². The number of rotatable bonds is 3. The average Bonchev–Trinajstić information content (AvgIpc) is 2.37. The molecule has 0 fully saturated rings. The van der Waals surface area contributed by atoms with Crippen molar-refractivity contribution in [1.29, 1.82) is 0 Å². The molecule has 18 heavy (non-hydrogen) atoms. The van der Waals surface area contributed by atoms with Crippen LogP contribution in [-0.2, 0) is 12.7 Å². The van der Waals surface area contributed by atoms with Gasteiger partial charge in [0.05, 0.1) is 12.2 Å². The average molecular weight is 254 g/mol. The molecule has 2 heterocycles. The Kier molecular flexibility index (Phi) is 3.40. The molecule has 0 aliphatic carbocycles. The number of nitrogens with one attached hydrogen (secondary N) is 1. The molecule has 0 amide bonds. The highest BCUT2D eigenvalue weighted by atomic mass is 19.4. The number of aromatic nitrogens is 3. The first kappa shape index (κ1) is 12.3. The summed E-state index contributed by atoms with van der Waals surface area (Å²) in [5.41, 5.74) is -0.278. The molecular formula is C11H9F3N4. The van der Waals surface area contributed by atoms with Gasteiger partial charge in [-0.25, -0.2) is 9.97 Å². The summed E-state index contributed by atoms with van der Waals surface area (Å²) in [6, 6.07) is 6.12. The Labute approximate surface area is 101 Å². The minimum atomic E-state index is -4.47. The first-order valence-corrected chi connectivity index (χ1v) is 5.10. The second-order valence-electron chi connectivity index (χ2n) is 3.44. The SMILES string of the molecule is FC(F)(F)c1ccnc(NCc2ccccn2)n1. The van der Waals surface area contributed by atoms with Crippen molar-refractivity contribution in [1.82, 2.24) is 15.0 Å². The molecule has 4 nitrogen and oxygen atoms in total. The highest BCUT2D eigenvalue weighted by Gasteiger charge is 2.32. The Morgan fingerprint density at radius 2 is 1.89 bits per heavy atom. The monoisotopic (exact) mass is 254 g/mol. The third-order valence-corrected chi connectivity index (χ3v) is 2.10. The van der Waals surface area contributed by atoms with Crippen molar-refractivity contribution in [2.45, 2.75) is 12.7 Å². The summed E-state index contributed by atoms with van der Waals surface area (Å²) in [7, 11) is 0. The van der Waals surface area contributed by atoms with Gasteiger partial charge in [-0.15, -0.1) is 0 Å². The highest BCUT2D eigenvalue weighted by molar-refractivity contribution is 5.27. The van der Waals surface area contributed by atoms with Gasteiger partial charge in [-0.1, -0.05) is 6.07 Å². The second-order valence-corrected chi connectivity index (χ2v) is 3.44. The van der Waals surface area contributed by atoms with Gasteiger partial charge < -0.3 is 5.32 Å². The molecule has 0 atom stereocenters. The Hall–Kier alpha value is -2.18. The third-order valence-electron chi connectivity index (χ3n) is 2.10. The summed E-state index contributed by atoms with van der Waals surface area (Å²) in [5, 5.41) is 2.69. The van der Waals surface area contributed by atoms with Crippen molar-refractivity contribution in [2.24, 2.45) is 0 Å². The van der Waals surface area contributed by atoms with Crippen LogP contribution in [0.1, 0.15) is 11.4 Å². The topological polar surface area (TPSA) is 50.7 Å². The number of hydrogen-bond acceptors (Lipinski definition) is 4. The van der Waals surface area contributed by atoms with Gasteiger partial charge >= 0.3 is 6.18 Å². The summed E-state index contributed by atoms with van der Waals surface area (Å²) in [6.45, 7) is 0.266. The van der Waals surface area contributed by atoms with Crippen molar-refractivity contribution in [3.8, 4) is 0 Å². The van der Waals surface area contributed by atoms with Gasteiger partial charge in [0.1, 0.15) is 5.69 Å². The van der Waals surface area contributed by atoms with E-state index in [0.717, 1.165) is 12.3 Å². The first-order valence-electron chi connectivity index (χ1n) is 5.10. The summed E-state index contributed by atoms with van der Waals surface area (Å²) < 4.78 is 37.2. The molecule has 0 bridgehead atoms. The molecule has 94 valence electrons. The fourth-order valence-electron chi connectivity index (χ4n) is 1.27. The van der Waals surface area contributed by atoms with Crippen molar-refractivity contribution < 1.29 is 13.2 Å². The van der Waals surface area contributed by atoms with Crippen LogP contribution in [0.3, 0.4) is 0 Å². The predicted octanol–water partition coefficient (Wildman–Crippen LogP) is 2.50. The van der Waals surface area contributed by atoms with Gasteiger partial charge in [0, 0.05) is 12.4 Å². The molecular weight excluding hydrogens is 245 g/mol. The van der Waals surface area contributed by atoms with Crippen LogP contribution in [0.25, 0.3) is 0 Å². The number of nitrogens with zero attached hydrogens (tertiary/aromatic N) is 3. The van der Waals surface area contributed by atoms with Gasteiger partial charge in [-0.3, -0.25) is 4.98 Å². The molecule has 2 aromatic heterocycles. The van der Waals surface area contributed by atoms with E-state index in [1.807, 2.05) is 0 Å². The Morgan fingerprint density at radius 3 is 2.56 bits per heavy atom. The first-order chi connectivity index (χ1) is 8.55. The van der Waals surface area contributed by atoms with Gasteiger partial charge in [0.15, 0.2) is 0 Å². The maximum absolute atomic E-state index is 12.4. The summed E-state index contributed by atoms with van der Waals surface area (Å²) in [6.07, 6.45) is -1.80. The maximum Gasteiger partial charge on any atom is 0.433 e. The van der Waals surface area contributed by atoms with Gasteiger partial charge in [-0.05, 0) is 18.2 Å². The second kappa shape index (κ2) is 4.99. The lowest BCUT2D eigenvalue weighted by Gasteiger charge is -2.08. The quantitative estimate of drug-likeness (QED) is 0.914. The van der Waals surface area contributed by atoms with Crippen LogP contribution in [0.15, 0.2) is 36.7 Å². The molecule has 0 saturated carbocycles. The Bertz CT molecular complexity index is 513. The van der Waals surface area contributed by atoms with E-state index in [2.05, 4.69) is 20.3 Å². The van der Waals surface area contributed by atoms with Crippen LogP contribution in [0.2, 0.25) is 0 Å². The standard InChI is InChI=1S/C11H9F3N4/c12-11(13,14)9-4-6-16-10(18-9)17-7-8-3-1-2-5-15-8/h1-6H,7H2,(H,16,17,18). The lowest BCUT2D eigenvalue weighted by atomic mass is 10.3. The number of alkyl halides is 3. The van der Waals surface area contributed by atoms with Crippen molar-refractivity contribution >= 4 is 5.95 Å². The van der Waals surface area contributed by atoms with Crippen LogP contribution >= 0.6 is 0 Å². The molecule has 0 radical (unpaired) electrons. The summed E-state index contributed by atoms with van der Waals surface area (Å²) in [5.74, 6) is -0.0736. The molecule has 0 spiro atoms. The zero-order chi connectivity index (χ0) is 13.0. The third kappa shape index (κ3) is 3.16. The van der Waals surface area contributed by atoms with Gasteiger partial charge in [-0.2, -0.15) is 13.2 Å². The fraction of sp³-hybridized carbons (Fsp3) is 0.182. The van der Waals surface area contributed by atoms with E-state index in [1.54, 1.807) is 24.4 Å². The molecule has 0 saturated heterocycles. The normalized spacial score (nSPS) is 11.3. The van der Waals surface area contributed by atoms with Gasteiger partial charge in [0.2, 0.25) is 5.95 Å². The van der Waals surface area contributed by atoms with Crippen molar-refractivity contribution in [3.63, 3.8) is 0 Å². The zero-order valence-electron chi connectivity index (χ0n) is 9.15. The van der Waals surface area contributed by atoms with Crippen molar-refractivity contribution in [3.05, 3.63) is 48.0 Å². The maximum atomic E-state index is 12.4. The van der Waals surface area contributed by atoms with E-state index in [1.165, 1.54) is 0 Å². The largest absolute Gasteiger partial charge is 0.433 e. The van der Waals surface area contributed by atoms with Crippen LogP contribution in [0.4, 0.5) is 19.1 Å². The van der Waals surface area contributed by atoms with E-state index in [4.69, 9.17) is 0 Å². The molecule has 0 unspecified atom stereocenters. The number of halogens is 3. The Balaban J connectivity index is 2.06. The predicted molar refractivity (Wildman–Crippen MR) is 58.6 cm³/mol. The van der Waals surface area contributed by atoms with Crippen LogP contribution in [0, 0.1) is 0 Å². The molecule has 2 aromatic rings. The lowest BCUT2D eigenvalue weighted by Crippen LogP contribution is -2.11. The molecule has 0 aromatic carbocycles. The zero-order valence-corrected chi connectivity index (χ0v) is 9.15. The van der Waals surface area contributed by atoms with Crippen LogP contribution in [0.5, 0.6) is 0 Å².